The molecule has 0 spiro atoms. The van der Waals surface area contributed by atoms with Gasteiger partial charge in [-0.1, -0.05) is 0 Å². The largest absolute Gasteiger partial charge is 0.743 e. The van der Waals surface area contributed by atoms with E-state index >= 15 is 0 Å². The average molecular weight is 365 g/mol. The minimum atomic E-state index is -7.71. The van der Waals surface area contributed by atoms with Crippen molar-refractivity contribution < 1.29 is 66.0 Å². The zero-order valence-corrected chi connectivity index (χ0v) is 9.52. The Hall–Kier alpha value is -0.900. The van der Waals surface area contributed by atoms with Crippen molar-refractivity contribution in [2.24, 2.45) is 0 Å². The zero-order valence-electron chi connectivity index (χ0n) is 8.70. The van der Waals surface area contributed by atoms with Gasteiger partial charge in [0.1, 0.15) is 0 Å². The lowest BCUT2D eigenvalue weighted by molar-refractivity contribution is -0.492. The van der Waals surface area contributed by atoms with Gasteiger partial charge in [0, 0.05) is 0 Å². The molecule has 0 amide bonds. The Morgan fingerprint density at radius 2 is 1.05 bits per heavy atom. The summed E-state index contributed by atoms with van der Waals surface area (Å²) in [5, 5.41) is -7.35. The first-order chi connectivity index (χ1) is 8.71. The third-order valence-electron chi connectivity index (χ3n) is 1.68. The van der Waals surface area contributed by atoms with E-state index in [9.17, 15) is 61.3 Å². The molecule has 128 valence electrons. The molecule has 0 fully saturated rings. The summed E-state index contributed by atoms with van der Waals surface area (Å²) in [6.07, 6.45) is -14.0. The zero-order chi connectivity index (χ0) is 17.7. The Kier molecular flexibility index (Phi) is 4.60. The van der Waals surface area contributed by atoms with E-state index in [2.05, 4.69) is 0 Å². The number of halogens is 11. The summed E-state index contributed by atoms with van der Waals surface area (Å²) in [6.45, 7) is 0. The van der Waals surface area contributed by atoms with Gasteiger partial charge in [-0.3, -0.25) is 0 Å². The van der Waals surface area contributed by atoms with Crippen LogP contribution in [0, 0.1) is 0 Å². The van der Waals surface area contributed by atoms with Gasteiger partial charge in [0.05, 0.1) is 0 Å². The highest BCUT2D eigenvalue weighted by Gasteiger charge is 2.84. The average Bonchev–Trinajstić information content (AvgIpc) is 2.10. The van der Waals surface area contributed by atoms with E-state index in [-0.39, 0.29) is 0 Å². The molecule has 0 N–H and O–H groups in total. The van der Waals surface area contributed by atoms with Crippen molar-refractivity contribution in [1.29, 1.82) is 0 Å². The maximum atomic E-state index is 12.5. The molecule has 0 unspecified atom stereocenters. The Morgan fingerprint density at radius 1 is 0.714 bits per heavy atom. The van der Waals surface area contributed by atoms with Gasteiger partial charge in [0.2, 0.25) is 0 Å². The van der Waals surface area contributed by atoms with Gasteiger partial charge in [-0.05, 0) is 0 Å². The van der Waals surface area contributed by atoms with Crippen LogP contribution in [-0.2, 0) is 14.9 Å². The SMILES string of the molecule is O=S(=O)([O-])C(F)(F)C(F)(F)C(F)(F)C(F)(F)OC(F)(F)F. The fraction of sp³-hybridized carbons (Fsp3) is 1.00. The van der Waals surface area contributed by atoms with Crippen molar-refractivity contribution in [3.63, 3.8) is 0 Å². The molecule has 0 rings (SSSR count). The third kappa shape index (κ3) is 3.31. The Morgan fingerprint density at radius 3 is 1.29 bits per heavy atom. The molecule has 0 aliphatic rings. The molecule has 0 aromatic heterocycles. The van der Waals surface area contributed by atoms with E-state index in [1.54, 1.807) is 0 Å². The number of alkyl halides is 11. The topological polar surface area (TPSA) is 66.4 Å². The third-order valence-corrected chi connectivity index (χ3v) is 2.57. The van der Waals surface area contributed by atoms with Crippen LogP contribution in [0.15, 0.2) is 0 Å². The smallest absolute Gasteiger partial charge is 0.527 e. The predicted octanol–water partition coefficient (Wildman–Crippen LogP) is 2.52. The highest BCUT2D eigenvalue weighted by atomic mass is 32.2. The lowest BCUT2D eigenvalue weighted by Gasteiger charge is -2.36. The molecule has 0 aliphatic heterocycles. The van der Waals surface area contributed by atoms with Crippen LogP contribution in [-0.4, -0.2) is 42.5 Å². The normalized spacial score (nSPS) is 16.2. The highest BCUT2D eigenvalue weighted by Crippen LogP contribution is 2.55. The Bertz CT molecular complexity index is 491. The quantitative estimate of drug-likeness (QED) is 0.555. The maximum absolute atomic E-state index is 12.5. The van der Waals surface area contributed by atoms with Crippen LogP contribution in [0.1, 0.15) is 0 Å². The first-order valence-electron chi connectivity index (χ1n) is 3.94. The Labute approximate surface area is 107 Å². The lowest BCUT2D eigenvalue weighted by atomic mass is 10.1. The van der Waals surface area contributed by atoms with Crippen LogP contribution in [0.3, 0.4) is 0 Å². The van der Waals surface area contributed by atoms with Crippen LogP contribution in [0.2, 0.25) is 0 Å². The first-order valence-corrected chi connectivity index (χ1v) is 5.35. The summed E-state index contributed by atoms with van der Waals surface area (Å²) < 4.78 is 164. The summed E-state index contributed by atoms with van der Waals surface area (Å²) in [6, 6.07) is 0. The van der Waals surface area contributed by atoms with E-state index in [1.165, 1.54) is 4.74 Å². The van der Waals surface area contributed by atoms with Crippen molar-refractivity contribution in [3.8, 4) is 0 Å². The van der Waals surface area contributed by atoms with Crippen molar-refractivity contribution >= 4 is 10.1 Å². The fourth-order valence-electron chi connectivity index (χ4n) is 0.732. The van der Waals surface area contributed by atoms with Crippen molar-refractivity contribution in [3.05, 3.63) is 0 Å². The standard InChI is InChI=1S/C5HF11O4S/c6-1(7,3(10,11)20-5(14,15)16)2(8,9)4(12,13)21(17,18)19/h(H,17,18,19)/p-1. The minimum Gasteiger partial charge on any atom is -0.743 e. The summed E-state index contributed by atoms with van der Waals surface area (Å²) in [5.74, 6) is -15.4. The van der Waals surface area contributed by atoms with Crippen LogP contribution >= 0.6 is 0 Å². The van der Waals surface area contributed by atoms with E-state index in [4.69, 9.17) is 0 Å². The van der Waals surface area contributed by atoms with Crippen LogP contribution in [0.25, 0.3) is 0 Å². The summed E-state index contributed by atoms with van der Waals surface area (Å²) in [7, 11) is -7.63. The molecule has 21 heavy (non-hydrogen) atoms. The van der Waals surface area contributed by atoms with Gasteiger partial charge in [0.15, 0.2) is 10.1 Å². The number of ether oxygens (including phenoxy) is 1. The van der Waals surface area contributed by atoms with E-state index in [0.29, 0.717) is 0 Å². The van der Waals surface area contributed by atoms with Gasteiger partial charge >= 0.3 is 29.6 Å². The predicted molar refractivity (Wildman–Crippen MR) is 36.6 cm³/mol. The van der Waals surface area contributed by atoms with Crippen LogP contribution in [0.5, 0.6) is 0 Å². The van der Waals surface area contributed by atoms with E-state index in [1.807, 2.05) is 0 Å². The van der Waals surface area contributed by atoms with Crippen LogP contribution in [0.4, 0.5) is 48.3 Å². The van der Waals surface area contributed by atoms with E-state index in [0.717, 1.165) is 0 Å². The molecule has 4 nitrogen and oxygen atoms in total. The summed E-state index contributed by atoms with van der Waals surface area (Å²) in [4.78, 5) is 0. The molecule has 0 heterocycles. The summed E-state index contributed by atoms with van der Waals surface area (Å²) in [5.41, 5.74) is 0. The molecule has 16 heteroatoms. The van der Waals surface area contributed by atoms with Gasteiger partial charge in [-0.25, -0.2) is 13.2 Å². The van der Waals surface area contributed by atoms with Gasteiger partial charge in [0.25, 0.3) is 0 Å². The van der Waals surface area contributed by atoms with Crippen molar-refractivity contribution in [2.75, 3.05) is 0 Å². The maximum Gasteiger partial charge on any atom is 0.527 e. The summed E-state index contributed by atoms with van der Waals surface area (Å²) >= 11 is 0. The monoisotopic (exact) mass is 365 g/mol. The molecular formula is C5F11O4S-. The molecule has 0 aliphatic carbocycles. The minimum absolute atomic E-state index is 1.29. The first kappa shape index (κ1) is 20.1. The number of hydrogen-bond donors (Lipinski definition) is 0. The molecule has 0 bridgehead atoms. The van der Waals surface area contributed by atoms with Gasteiger partial charge < -0.3 is 4.55 Å². The number of hydrogen-bond acceptors (Lipinski definition) is 4. The second kappa shape index (κ2) is 4.80. The van der Waals surface area contributed by atoms with Crippen LogP contribution < -0.4 is 0 Å². The van der Waals surface area contributed by atoms with Gasteiger partial charge in [-0.15, -0.1) is 13.2 Å². The molecule has 0 saturated carbocycles. The molecular weight excluding hydrogens is 365 g/mol. The second-order valence-electron chi connectivity index (χ2n) is 3.18. The molecule has 0 atom stereocenters. The molecule has 0 saturated heterocycles. The molecule has 0 radical (unpaired) electrons. The van der Waals surface area contributed by atoms with Crippen molar-refractivity contribution in [1.82, 2.24) is 0 Å². The van der Waals surface area contributed by atoms with Crippen molar-refractivity contribution in [2.45, 2.75) is 29.6 Å². The fourth-order valence-corrected chi connectivity index (χ4v) is 1.17. The molecule has 0 aromatic rings. The second-order valence-corrected chi connectivity index (χ2v) is 4.61. The highest BCUT2D eigenvalue weighted by molar-refractivity contribution is 7.86. The van der Waals surface area contributed by atoms with E-state index < -0.39 is 39.7 Å². The molecule has 0 aromatic carbocycles. The Balaban J connectivity index is 6.01. The van der Waals surface area contributed by atoms with Gasteiger partial charge in [-0.2, -0.15) is 35.1 Å². The lowest BCUT2D eigenvalue weighted by Crippen LogP contribution is -2.65. The number of rotatable bonds is 5.